The van der Waals surface area contributed by atoms with E-state index in [1.54, 1.807) is 20.8 Å². The molecule has 3 unspecified atom stereocenters. The Morgan fingerprint density at radius 2 is 2.12 bits per heavy atom. The highest BCUT2D eigenvalue weighted by Crippen LogP contribution is 2.29. The monoisotopic (exact) mass is 344 g/mol. The number of quaternary nitrogens is 1. The molecular weight excluding hydrogens is 320 g/mol. The first-order valence-electron chi connectivity index (χ1n) is 7.85. The van der Waals surface area contributed by atoms with E-state index in [0.29, 0.717) is 0 Å². The molecule has 0 radical (unpaired) electrons. The zero-order valence-corrected chi connectivity index (χ0v) is 14.1. The lowest BCUT2D eigenvalue weighted by Gasteiger charge is -2.54. The number of carboxylic acid groups (broad SMARTS) is 1. The molecule has 0 aromatic heterocycles. The van der Waals surface area contributed by atoms with Crippen molar-refractivity contribution < 1.29 is 29.0 Å². The third-order valence-corrected chi connectivity index (χ3v) is 3.98. The number of carbonyl (C=O) groups excluding carboxylic acids is 2. The molecule has 0 aliphatic carbocycles. The van der Waals surface area contributed by atoms with Gasteiger partial charge in [0, 0.05) is 19.4 Å². The molecule has 0 aromatic carbocycles. The van der Waals surface area contributed by atoms with Crippen molar-refractivity contribution in [3.63, 3.8) is 0 Å². The van der Waals surface area contributed by atoms with Crippen LogP contribution in [0, 0.1) is 11.1 Å². The molecule has 2 fully saturated rings. The van der Waals surface area contributed by atoms with E-state index < -0.39 is 34.5 Å². The van der Waals surface area contributed by atoms with Gasteiger partial charge in [0.25, 0.3) is 5.91 Å². The van der Waals surface area contributed by atoms with E-state index in [4.69, 9.17) is 4.74 Å². The van der Waals surface area contributed by atoms with Crippen molar-refractivity contribution in [2.45, 2.75) is 45.4 Å². The Hall–Kier alpha value is -1.91. The van der Waals surface area contributed by atoms with Crippen LogP contribution in [0.1, 0.15) is 33.6 Å². The van der Waals surface area contributed by atoms with Crippen LogP contribution in [0.25, 0.3) is 0 Å². The third kappa shape index (κ3) is 3.94. The molecule has 3 N–H and O–H groups in total. The van der Waals surface area contributed by atoms with E-state index in [-0.39, 0.29) is 38.5 Å². The molecule has 24 heavy (non-hydrogen) atoms. The summed E-state index contributed by atoms with van der Waals surface area (Å²) in [6.07, 6.45) is -1.51. The third-order valence-electron chi connectivity index (χ3n) is 3.98. The van der Waals surface area contributed by atoms with Crippen LogP contribution >= 0.6 is 0 Å². The number of hydroxylamine groups is 2. The van der Waals surface area contributed by atoms with Gasteiger partial charge < -0.3 is 15.1 Å². The first-order chi connectivity index (χ1) is 11.0. The van der Waals surface area contributed by atoms with Gasteiger partial charge in [0.1, 0.15) is 24.7 Å². The van der Waals surface area contributed by atoms with Crippen LogP contribution in [-0.2, 0) is 14.3 Å². The molecule has 0 aromatic rings. The number of rotatable bonds is 2. The molecule has 2 aliphatic heterocycles. The van der Waals surface area contributed by atoms with Gasteiger partial charge in [-0.2, -0.15) is 5.01 Å². The Morgan fingerprint density at radius 3 is 2.71 bits per heavy atom. The minimum absolute atomic E-state index is 0.0569. The molecule has 2 amide bonds. The van der Waals surface area contributed by atoms with Crippen molar-refractivity contribution in [1.82, 2.24) is 15.6 Å². The lowest BCUT2D eigenvalue weighted by Crippen LogP contribution is -2.72. The van der Waals surface area contributed by atoms with Crippen molar-refractivity contribution in [1.29, 1.82) is 0 Å². The maximum atomic E-state index is 13.4. The summed E-state index contributed by atoms with van der Waals surface area (Å²) < 4.78 is 3.94. The maximum absolute atomic E-state index is 13.4. The predicted octanol–water partition coefficient (Wildman–Crippen LogP) is -0.0493. The summed E-state index contributed by atoms with van der Waals surface area (Å²) in [5.74, 6) is -2.45. The molecule has 2 heterocycles. The number of ether oxygens (including phenoxy) is 1. The van der Waals surface area contributed by atoms with Gasteiger partial charge in [0.2, 0.25) is 0 Å². The van der Waals surface area contributed by atoms with Crippen LogP contribution < -0.4 is 10.6 Å². The number of fused-ring (bicyclic) bond motifs is 1. The highest BCUT2D eigenvalue weighted by Gasteiger charge is 2.48. The molecule has 2 rings (SSSR count). The highest BCUT2D eigenvalue weighted by molar-refractivity contribution is 5.76. The summed E-state index contributed by atoms with van der Waals surface area (Å²) in [4.78, 5) is 35.4. The van der Waals surface area contributed by atoms with E-state index in [2.05, 4.69) is 10.6 Å². The number of nitrogens with one attached hydrogen (secondary N) is 2. The fourth-order valence-electron chi connectivity index (χ4n) is 2.89. The van der Waals surface area contributed by atoms with E-state index in [9.17, 15) is 24.7 Å². The van der Waals surface area contributed by atoms with E-state index in [1.165, 1.54) is 0 Å². The minimum Gasteiger partial charge on any atom is -0.604 e. The van der Waals surface area contributed by atoms with Crippen LogP contribution in [0.3, 0.4) is 0 Å². The number of alkyl carbamates (subject to hydrolysis) is 1. The smallest absolute Gasteiger partial charge is 0.412 e. The largest absolute Gasteiger partial charge is 0.604 e. The van der Waals surface area contributed by atoms with Gasteiger partial charge in [-0.1, -0.05) is 0 Å². The second-order valence-corrected chi connectivity index (χ2v) is 7.08. The van der Waals surface area contributed by atoms with Crippen LogP contribution in [0.5, 0.6) is 0 Å². The number of amides is 2. The number of aliphatic carboxylic acids is 1. The summed E-state index contributed by atoms with van der Waals surface area (Å²) >= 11 is 0. The topological polar surface area (TPSA) is 131 Å². The molecule has 0 saturated carbocycles. The van der Waals surface area contributed by atoms with Crippen molar-refractivity contribution in [2.24, 2.45) is 5.92 Å². The molecule has 136 valence electrons. The maximum Gasteiger partial charge on any atom is 0.412 e. The summed E-state index contributed by atoms with van der Waals surface area (Å²) in [6, 6.07) is 0. The summed E-state index contributed by atoms with van der Waals surface area (Å²) in [7, 11) is 0. The number of hydrogen-bond acceptors (Lipinski definition) is 6. The predicted molar refractivity (Wildman–Crippen MR) is 81.7 cm³/mol. The quantitative estimate of drug-likeness (QED) is 0.473. The Morgan fingerprint density at radius 1 is 1.46 bits per heavy atom. The fourth-order valence-corrected chi connectivity index (χ4v) is 2.89. The fraction of sp³-hybridized carbons (Fsp3) is 0.786. The Kier molecular flexibility index (Phi) is 5.02. The molecular formula is C14H24N4O6. The first-order valence-corrected chi connectivity index (χ1v) is 7.85. The average Bonchev–Trinajstić information content (AvgIpc) is 2.60. The van der Waals surface area contributed by atoms with Gasteiger partial charge >= 0.3 is 12.1 Å². The van der Waals surface area contributed by atoms with Crippen molar-refractivity contribution >= 4 is 18.0 Å². The molecule has 2 aliphatic rings. The normalized spacial score (nSPS) is 31.0. The molecule has 10 heteroatoms. The number of carboxylic acids is 1. The number of hydrogen-bond donors (Lipinski definition) is 3. The van der Waals surface area contributed by atoms with Gasteiger partial charge in [0.15, 0.2) is 6.17 Å². The molecule has 0 bridgehead atoms. The molecule has 0 spiro atoms. The SMILES string of the molecule is CC(C)(C)OC(=O)NC1CCC(=O)N2CNCC(C(=O)O)C[N+]12[O-]. The van der Waals surface area contributed by atoms with Crippen LogP contribution in [0.15, 0.2) is 0 Å². The Balaban J connectivity index is 2.22. The number of nitrogens with zero attached hydrogens (tertiary/aromatic N) is 2. The zero-order chi connectivity index (χ0) is 18.1. The van der Waals surface area contributed by atoms with Gasteiger partial charge in [-0.3, -0.25) is 20.2 Å². The van der Waals surface area contributed by atoms with Crippen LogP contribution in [0.4, 0.5) is 4.79 Å². The van der Waals surface area contributed by atoms with E-state index >= 15 is 0 Å². The van der Waals surface area contributed by atoms with Gasteiger partial charge in [-0.05, 0) is 20.8 Å². The average molecular weight is 344 g/mol. The van der Waals surface area contributed by atoms with Crippen LogP contribution in [0.2, 0.25) is 0 Å². The van der Waals surface area contributed by atoms with Gasteiger partial charge in [0.05, 0.1) is 0 Å². The van der Waals surface area contributed by atoms with E-state index in [1.807, 2.05) is 0 Å². The highest BCUT2D eigenvalue weighted by atomic mass is 16.6. The first kappa shape index (κ1) is 18.4. The van der Waals surface area contributed by atoms with Gasteiger partial charge in [-0.15, -0.1) is 0 Å². The van der Waals surface area contributed by atoms with Gasteiger partial charge in [-0.25, -0.2) is 9.55 Å². The molecule has 10 nitrogen and oxygen atoms in total. The van der Waals surface area contributed by atoms with Crippen molar-refractivity contribution in [3.8, 4) is 0 Å². The Bertz CT molecular complexity index is 534. The molecule has 3 atom stereocenters. The minimum atomic E-state index is -1.22. The Labute approximate surface area is 139 Å². The second kappa shape index (κ2) is 6.54. The van der Waals surface area contributed by atoms with Crippen molar-refractivity contribution in [3.05, 3.63) is 5.21 Å². The van der Waals surface area contributed by atoms with Crippen LogP contribution in [-0.4, -0.2) is 64.4 Å². The summed E-state index contributed by atoms with van der Waals surface area (Å²) in [5, 5.41) is 29.0. The lowest BCUT2D eigenvalue weighted by molar-refractivity contribution is -1.01. The molecule has 2 saturated heterocycles. The van der Waals surface area contributed by atoms with Crippen molar-refractivity contribution in [2.75, 3.05) is 19.8 Å². The number of carbonyl (C=O) groups is 3. The zero-order valence-electron chi connectivity index (χ0n) is 14.1. The van der Waals surface area contributed by atoms with E-state index in [0.717, 1.165) is 5.01 Å². The summed E-state index contributed by atoms with van der Waals surface area (Å²) in [5.41, 5.74) is -0.730. The second-order valence-electron chi connectivity index (χ2n) is 7.08. The summed E-state index contributed by atoms with van der Waals surface area (Å²) in [6.45, 7) is 4.77. The standard InChI is InChI=1S/C14H24N4O6/c1-14(2,3)24-13(22)16-10-4-5-11(19)17-8-15-6-9(12(20)21)7-18(10,17)23/h9-10,15H,4-8H2,1-3H3,(H,16,22)(H,20,21). The lowest BCUT2D eigenvalue weighted by atomic mass is 10.1.